The zero-order valence-electron chi connectivity index (χ0n) is 34.5. The molecule has 0 rings (SSSR count). The minimum Gasteiger partial charge on any atom is -0.457 e. The van der Waals surface area contributed by atoms with Crippen molar-refractivity contribution in [1.82, 2.24) is 0 Å². The van der Waals surface area contributed by atoms with Gasteiger partial charge in [-0.1, -0.05) is 135 Å². The Morgan fingerprint density at radius 2 is 0.789 bits per heavy atom. The summed E-state index contributed by atoms with van der Waals surface area (Å²) >= 11 is 0. The maximum absolute atomic E-state index is 12.3. The van der Waals surface area contributed by atoms with Crippen LogP contribution < -0.4 is 0 Å². The Morgan fingerprint density at radius 1 is 0.474 bits per heavy atom. The fourth-order valence-corrected chi connectivity index (χ4v) is 5.38. The van der Waals surface area contributed by atoms with E-state index < -0.39 is 58.4 Å². The lowest BCUT2D eigenvalue weighted by Gasteiger charge is -2.20. The van der Waals surface area contributed by atoms with Crippen LogP contribution in [0, 0.1) is 0 Å². The van der Waals surface area contributed by atoms with Crippen molar-refractivity contribution in [3.05, 3.63) is 122 Å². The van der Waals surface area contributed by atoms with E-state index in [2.05, 4.69) is 117 Å². The quantitative estimate of drug-likeness (QED) is 0.0241. The number of allylic oxidation sites excluding steroid dienone is 20. The first-order chi connectivity index (χ1) is 27.8. The standard InChI is InChI=1S/C46H71O10P/c1-3-5-7-9-11-13-15-17-19-20-21-22-24-26-28-30-32-34-36-38-46(50)56-44(40-48)42-54-57(51,52)53-41-43(39-47)55-45(49)37-35-33-31-29-27-25-23-18-16-14-12-10-8-6-4-2/h5-8,11-14,17-19,21-23,26-29,32,34,43-44,47-48H,3-4,9-10,15-16,20,24-25,30-31,33,35-42H2,1-2H3,(H,51,52)/b7-5-,8-6-,13-11-,14-12-,19-17-,22-21-,23-18-,28-26-,29-27-,34-32-. The number of carbonyl (C=O) groups excluding carboxylic acids is 2. The van der Waals surface area contributed by atoms with Crippen LogP contribution in [0.1, 0.15) is 117 Å². The molecule has 0 bridgehead atoms. The minimum atomic E-state index is -4.68. The van der Waals surface area contributed by atoms with Crippen molar-refractivity contribution in [3.63, 3.8) is 0 Å². The van der Waals surface area contributed by atoms with E-state index in [-0.39, 0.29) is 12.8 Å². The molecule has 0 saturated heterocycles. The number of esters is 2. The molecule has 0 spiro atoms. The second-order valence-electron chi connectivity index (χ2n) is 12.8. The summed E-state index contributed by atoms with van der Waals surface area (Å²) < 4.78 is 32.4. The molecule has 57 heavy (non-hydrogen) atoms. The number of rotatable bonds is 36. The molecule has 0 amide bonds. The number of ether oxygens (including phenoxy) is 2. The third kappa shape index (κ3) is 39.0. The highest BCUT2D eigenvalue weighted by molar-refractivity contribution is 7.47. The Morgan fingerprint density at radius 3 is 1.14 bits per heavy atom. The molecule has 0 radical (unpaired) electrons. The Bertz CT molecular complexity index is 1350. The van der Waals surface area contributed by atoms with Crippen molar-refractivity contribution in [2.24, 2.45) is 0 Å². The SMILES string of the molecule is CC/C=C\C/C=C\C/C=C\C/C=C\C/C=C\C/C=C\CCC(=O)OC(CO)COP(=O)(O)OCC(CO)OC(=O)CCCC/C=C\C/C=C\C/C=C\C/C=C\CC. The van der Waals surface area contributed by atoms with Gasteiger partial charge in [0.2, 0.25) is 0 Å². The summed E-state index contributed by atoms with van der Waals surface area (Å²) in [5.74, 6) is -1.16. The van der Waals surface area contributed by atoms with Crippen LogP contribution in [0.4, 0.5) is 0 Å². The van der Waals surface area contributed by atoms with Gasteiger partial charge < -0.3 is 24.6 Å². The van der Waals surface area contributed by atoms with Crippen LogP contribution in [0.25, 0.3) is 0 Å². The Balaban J connectivity index is 4.14. The smallest absolute Gasteiger partial charge is 0.457 e. The molecule has 0 aromatic carbocycles. The fraction of sp³-hybridized carbons (Fsp3) is 0.522. The van der Waals surface area contributed by atoms with E-state index in [9.17, 15) is 29.3 Å². The van der Waals surface area contributed by atoms with Gasteiger partial charge in [0.15, 0.2) is 0 Å². The van der Waals surface area contributed by atoms with E-state index >= 15 is 0 Å². The molecule has 0 aliphatic carbocycles. The monoisotopic (exact) mass is 814 g/mol. The number of hydrogen-bond acceptors (Lipinski definition) is 9. The van der Waals surface area contributed by atoms with Crippen molar-refractivity contribution < 1.29 is 47.8 Å². The maximum atomic E-state index is 12.3. The third-order valence-corrected chi connectivity index (χ3v) is 8.63. The molecule has 3 unspecified atom stereocenters. The van der Waals surface area contributed by atoms with E-state index in [0.29, 0.717) is 12.8 Å². The van der Waals surface area contributed by atoms with Gasteiger partial charge in [0.25, 0.3) is 0 Å². The van der Waals surface area contributed by atoms with Crippen molar-refractivity contribution in [1.29, 1.82) is 0 Å². The van der Waals surface area contributed by atoms with Gasteiger partial charge in [0, 0.05) is 12.8 Å². The highest BCUT2D eigenvalue weighted by Crippen LogP contribution is 2.43. The second-order valence-corrected chi connectivity index (χ2v) is 14.3. The summed E-state index contributed by atoms with van der Waals surface area (Å²) in [6.07, 6.45) is 51.9. The molecule has 3 N–H and O–H groups in total. The van der Waals surface area contributed by atoms with Crippen molar-refractivity contribution in [2.45, 2.75) is 129 Å². The molecule has 0 aromatic heterocycles. The van der Waals surface area contributed by atoms with Crippen LogP contribution in [-0.4, -0.2) is 65.7 Å². The average molecular weight is 815 g/mol. The zero-order chi connectivity index (χ0) is 41.9. The molecule has 0 aliphatic heterocycles. The number of aliphatic hydroxyl groups excluding tert-OH is 2. The molecular formula is C46H71O10P. The maximum Gasteiger partial charge on any atom is 0.472 e. The van der Waals surface area contributed by atoms with E-state index in [1.54, 1.807) is 0 Å². The second kappa shape index (κ2) is 40.6. The summed E-state index contributed by atoms with van der Waals surface area (Å²) in [6.45, 7) is 1.80. The van der Waals surface area contributed by atoms with Crippen molar-refractivity contribution in [2.75, 3.05) is 26.4 Å². The van der Waals surface area contributed by atoms with Crippen molar-refractivity contribution >= 4 is 19.8 Å². The molecule has 0 aliphatic rings. The van der Waals surface area contributed by atoms with Crippen LogP contribution in [0.15, 0.2) is 122 Å². The normalized spacial score (nSPS) is 15.1. The van der Waals surface area contributed by atoms with E-state index in [1.165, 1.54) is 0 Å². The number of hydrogen-bond donors (Lipinski definition) is 3. The Kier molecular flexibility index (Phi) is 38.0. The Labute approximate surface area is 343 Å². The fourth-order valence-electron chi connectivity index (χ4n) is 4.60. The van der Waals surface area contributed by atoms with Crippen LogP contribution >= 0.6 is 7.82 Å². The number of aliphatic hydroxyl groups is 2. The lowest BCUT2D eigenvalue weighted by Crippen LogP contribution is -2.28. The lowest BCUT2D eigenvalue weighted by molar-refractivity contribution is -0.153. The zero-order valence-corrected chi connectivity index (χ0v) is 35.4. The van der Waals surface area contributed by atoms with Gasteiger partial charge in [-0.25, -0.2) is 4.57 Å². The highest BCUT2D eigenvalue weighted by atomic mass is 31.2. The van der Waals surface area contributed by atoms with Gasteiger partial charge in [0.05, 0.1) is 26.4 Å². The summed E-state index contributed by atoms with van der Waals surface area (Å²) in [7, 11) is -4.68. The third-order valence-electron chi connectivity index (χ3n) is 7.68. The first-order valence-electron chi connectivity index (χ1n) is 20.5. The van der Waals surface area contributed by atoms with Gasteiger partial charge in [-0.05, 0) is 89.9 Å². The van der Waals surface area contributed by atoms with E-state index in [1.807, 2.05) is 18.2 Å². The van der Waals surface area contributed by atoms with Gasteiger partial charge >= 0.3 is 19.8 Å². The molecule has 10 nitrogen and oxygen atoms in total. The average Bonchev–Trinajstić information content (AvgIpc) is 3.20. The molecular weight excluding hydrogens is 743 g/mol. The largest absolute Gasteiger partial charge is 0.472 e. The predicted molar refractivity (Wildman–Crippen MR) is 232 cm³/mol. The number of phosphoric acid groups is 1. The molecule has 320 valence electrons. The van der Waals surface area contributed by atoms with Crippen LogP contribution in [0.2, 0.25) is 0 Å². The molecule has 0 aromatic rings. The first kappa shape index (κ1) is 53.4. The van der Waals surface area contributed by atoms with Crippen LogP contribution in [0.3, 0.4) is 0 Å². The molecule has 0 saturated carbocycles. The van der Waals surface area contributed by atoms with Crippen LogP contribution in [0.5, 0.6) is 0 Å². The molecule has 3 atom stereocenters. The van der Waals surface area contributed by atoms with Gasteiger partial charge in [-0.2, -0.15) is 0 Å². The molecule has 0 heterocycles. The first-order valence-corrected chi connectivity index (χ1v) is 22.0. The van der Waals surface area contributed by atoms with Crippen LogP contribution in [-0.2, 0) is 32.7 Å². The number of carbonyl (C=O) groups is 2. The summed E-state index contributed by atoms with van der Waals surface area (Å²) in [5, 5.41) is 19.1. The van der Waals surface area contributed by atoms with Gasteiger partial charge in [-0.15, -0.1) is 0 Å². The number of phosphoric ester groups is 1. The molecule has 11 heteroatoms. The Hall–Kier alpha value is -3.63. The van der Waals surface area contributed by atoms with E-state index in [0.717, 1.165) is 77.0 Å². The molecule has 0 fully saturated rings. The summed E-state index contributed by atoms with van der Waals surface area (Å²) in [4.78, 5) is 34.4. The van der Waals surface area contributed by atoms with Crippen molar-refractivity contribution in [3.8, 4) is 0 Å². The lowest BCUT2D eigenvalue weighted by atomic mass is 10.2. The number of unbranched alkanes of at least 4 members (excludes halogenated alkanes) is 2. The summed E-state index contributed by atoms with van der Waals surface area (Å²) in [6, 6.07) is 0. The predicted octanol–water partition coefficient (Wildman–Crippen LogP) is 10.8. The highest BCUT2D eigenvalue weighted by Gasteiger charge is 2.27. The topological polar surface area (TPSA) is 149 Å². The van der Waals surface area contributed by atoms with Gasteiger partial charge in [-0.3, -0.25) is 18.6 Å². The summed E-state index contributed by atoms with van der Waals surface area (Å²) in [5.41, 5.74) is 0. The van der Waals surface area contributed by atoms with Gasteiger partial charge in [0.1, 0.15) is 12.2 Å². The van der Waals surface area contributed by atoms with E-state index in [4.69, 9.17) is 18.5 Å². The minimum absolute atomic E-state index is 0.0555.